The van der Waals surface area contributed by atoms with E-state index < -0.39 is 15.6 Å². The maximum atomic E-state index is 12.1. The summed E-state index contributed by atoms with van der Waals surface area (Å²) in [5.41, 5.74) is -1.21. The van der Waals surface area contributed by atoms with Crippen LogP contribution < -0.4 is 5.73 Å². The molecule has 0 spiro atoms. The van der Waals surface area contributed by atoms with Crippen LogP contribution in [0.25, 0.3) is 0 Å². The van der Waals surface area contributed by atoms with E-state index in [9.17, 15) is 17.6 Å². The molecule has 0 heterocycles. The van der Waals surface area contributed by atoms with E-state index in [1.54, 1.807) is 12.1 Å². The van der Waals surface area contributed by atoms with Crippen molar-refractivity contribution < 1.29 is 36.3 Å². The second kappa shape index (κ2) is 5.23. The predicted octanol–water partition coefficient (Wildman–Crippen LogP) is 0.751. The molecule has 0 aromatic heterocycles. The molecule has 1 aromatic carbocycles. The van der Waals surface area contributed by atoms with Crippen LogP contribution in [0.5, 0.6) is 0 Å². The molecule has 0 fully saturated rings. The average molecular weight is 261 g/mol. The molecule has 16 heavy (non-hydrogen) atoms. The molecule has 92 valence electrons. The molecule has 4 nitrogen and oxygen atoms in total. The van der Waals surface area contributed by atoms with Gasteiger partial charge in [0.2, 0.25) is 0 Å². The minimum atomic E-state index is -6.09. The van der Waals surface area contributed by atoms with E-state index in [4.69, 9.17) is 13.0 Å². The lowest BCUT2D eigenvalue weighted by Gasteiger charge is -2.08. The van der Waals surface area contributed by atoms with Gasteiger partial charge in [-0.3, -0.25) is 0 Å². The van der Waals surface area contributed by atoms with Crippen molar-refractivity contribution in [1.82, 2.24) is 0 Å². The minimum Gasteiger partial charge on any atom is -0.741 e. The van der Waals surface area contributed by atoms with Gasteiger partial charge < -0.3 is 10.3 Å². The highest BCUT2D eigenvalue weighted by molar-refractivity contribution is 7.86. The third-order valence-corrected chi connectivity index (χ3v) is 1.76. The maximum absolute atomic E-state index is 12.1. The molecule has 0 radical (unpaired) electrons. The quantitative estimate of drug-likeness (QED) is 0.425. The van der Waals surface area contributed by atoms with Crippen LogP contribution >= 0.6 is 0 Å². The molecule has 9 heteroatoms. The van der Waals surface area contributed by atoms with Crippen LogP contribution in [0, 0.1) is 5.82 Å². The molecule has 0 bridgehead atoms. The van der Waals surface area contributed by atoms with Crippen LogP contribution in [0.3, 0.4) is 0 Å². The Balaban J connectivity index is 0.000000281. The van der Waals surface area contributed by atoms with Gasteiger partial charge >= 0.3 is 5.51 Å². The standard InChI is InChI=1S/C6H6FN.CHF3O3S/c7-5-1-3-6(8)4-2-5;2-1(3,4)8(5,6)7/h1-4H,8H2;(H,5,6,7). The monoisotopic (exact) mass is 261 g/mol. The van der Waals surface area contributed by atoms with E-state index in [1.165, 1.54) is 12.1 Å². The molecule has 0 aliphatic rings. The number of hydrogen-bond donors (Lipinski definition) is 1. The van der Waals surface area contributed by atoms with Gasteiger partial charge in [0.1, 0.15) is 11.5 Å². The van der Waals surface area contributed by atoms with Gasteiger partial charge in [-0.1, -0.05) is 0 Å². The molecule has 3 N–H and O–H groups in total. The van der Waals surface area contributed by atoms with E-state index in [0.717, 1.165) is 5.69 Å². The fraction of sp³-hybridized carbons (Fsp3) is 0.143. The van der Waals surface area contributed by atoms with Gasteiger partial charge in [-0.15, -0.1) is 0 Å². The first-order chi connectivity index (χ1) is 7.04. The Hall–Kier alpha value is -1.19. The van der Waals surface area contributed by atoms with Crippen LogP contribution in [0.1, 0.15) is 0 Å². The third-order valence-electron chi connectivity index (χ3n) is 1.20. The SMILES string of the molecule is O=S(=O)([O-])C(F)(F)F.[NH3+]c1ccc(F)cc1. The Morgan fingerprint density at radius 1 is 1.12 bits per heavy atom. The Labute approximate surface area is 88.4 Å². The summed E-state index contributed by atoms with van der Waals surface area (Å²) in [6.07, 6.45) is 0. The average Bonchev–Trinajstić information content (AvgIpc) is 2.08. The van der Waals surface area contributed by atoms with Crippen LogP contribution in [0.15, 0.2) is 24.3 Å². The first-order valence-electron chi connectivity index (χ1n) is 3.63. The normalized spacial score (nSPS) is 11.6. The first-order valence-corrected chi connectivity index (χ1v) is 5.04. The third kappa shape index (κ3) is 5.63. The van der Waals surface area contributed by atoms with E-state index in [-0.39, 0.29) is 5.82 Å². The smallest absolute Gasteiger partial charge is 0.485 e. The second-order valence-corrected chi connectivity index (χ2v) is 3.90. The number of quaternary nitrogens is 1. The van der Waals surface area contributed by atoms with Crippen molar-refractivity contribution in [2.24, 2.45) is 0 Å². The van der Waals surface area contributed by atoms with Gasteiger partial charge in [0.25, 0.3) is 0 Å². The topological polar surface area (TPSA) is 84.8 Å². The van der Waals surface area contributed by atoms with Crippen molar-refractivity contribution >= 4 is 15.8 Å². The summed E-state index contributed by atoms with van der Waals surface area (Å²) in [4.78, 5) is 0. The van der Waals surface area contributed by atoms with Gasteiger partial charge in [-0.2, -0.15) is 13.2 Å². The molecule has 0 aliphatic carbocycles. The molecule has 1 aromatic rings. The molecule has 0 saturated carbocycles. The zero-order valence-corrected chi connectivity index (χ0v) is 8.48. The van der Waals surface area contributed by atoms with Gasteiger partial charge in [0.05, 0.1) is 0 Å². The first kappa shape index (κ1) is 14.8. The van der Waals surface area contributed by atoms with Crippen LogP contribution in [0.2, 0.25) is 0 Å². The summed E-state index contributed by atoms with van der Waals surface area (Å²) in [5, 5.41) is 0. The number of rotatable bonds is 0. The van der Waals surface area contributed by atoms with Gasteiger partial charge in [-0.25, -0.2) is 12.8 Å². The largest absolute Gasteiger partial charge is 0.741 e. The Morgan fingerprint density at radius 2 is 1.44 bits per heavy atom. The van der Waals surface area contributed by atoms with E-state index in [0.29, 0.717) is 0 Å². The molecule has 1 rings (SSSR count). The molecule has 0 saturated heterocycles. The second-order valence-electron chi connectivity index (χ2n) is 2.53. The minimum absolute atomic E-state index is 0.211. The summed E-state index contributed by atoms with van der Waals surface area (Å²) in [6.45, 7) is 0. The molecule has 0 atom stereocenters. The van der Waals surface area contributed by atoms with Crippen molar-refractivity contribution in [3.8, 4) is 0 Å². The summed E-state index contributed by atoms with van der Waals surface area (Å²) >= 11 is 0. The fourth-order valence-electron chi connectivity index (χ4n) is 0.484. The zero-order chi connectivity index (χ0) is 13.0. The number of alkyl halides is 3. The molecule has 0 amide bonds. The lowest BCUT2D eigenvalue weighted by molar-refractivity contribution is -0.254. The van der Waals surface area contributed by atoms with Gasteiger partial charge in [-0.05, 0) is 12.1 Å². The van der Waals surface area contributed by atoms with Crippen molar-refractivity contribution in [1.29, 1.82) is 0 Å². The maximum Gasteiger partial charge on any atom is 0.485 e. The van der Waals surface area contributed by atoms with Gasteiger partial charge in [0.15, 0.2) is 10.1 Å². The number of hydrogen-bond acceptors (Lipinski definition) is 3. The number of halogens is 4. The van der Waals surface area contributed by atoms with Crippen LogP contribution in [0.4, 0.5) is 23.2 Å². The molecular weight excluding hydrogens is 254 g/mol. The summed E-state index contributed by atoms with van der Waals surface area (Å²) in [7, 11) is -6.09. The van der Waals surface area contributed by atoms with Crippen molar-refractivity contribution in [2.75, 3.05) is 0 Å². The van der Waals surface area contributed by atoms with Crippen LogP contribution in [-0.4, -0.2) is 18.5 Å². The summed E-state index contributed by atoms with van der Waals surface area (Å²) in [5.74, 6) is -0.211. The van der Waals surface area contributed by atoms with E-state index >= 15 is 0 Å². The molecule has 0 unspecified atom stereocenters. The van der Waals surface area contributed by atoms with Crippen molar-refractivity contribution in [3.63, 3.8) is 0 Å². The van der Waals surface area contributed by atoms with Gasteiger partial charge in [0, 0.05) is 12.1 Å². The van der Waals surface area contributed by atoms with E-state index in [1.807, 2.05) is 0 Å². The fourth-order valence-corrected chi connectivity index (χ4v) is 0.484. The van der Waals surface area contributed by atoms with E-state index in [2.05, 4.69) is 5.73 Å². The Bertz CT molecular complexity index is 405. The summed E-state index contributed by atoms with van der Waals surface area (Å²) in [6, 6.07) is 6.05. The highest BCUT2D eigenvalue weighted by Crippen LogP contribution is 2.20. The molecular formula is C7H7F4NO3S. The predicted molar refractivity (Wildman–Crippen MR) is 44.7 cm³/mol. The lowest BCUT2D eigenvalue weighted by Crippen LogP contribution is -2.39. The lowest BCUT2D eigenvalue weighted by atomic mass is 10.3. The summed E-state index contributed by atoms with van der Waals surface area (Å²) < 4.78 is 71.0. The van der Waals surface area contributed by atoms with Crippen molar-refractivity contribution in [3.05, 3.63) is 30.1 Å². The molecule has 0 aliphatic heterocycles. The van der Waals surface area contributed by atoms with Crippen molar-refractivity contribution in [2.45, 2.75) is 5.51 Å². The number of benzene rings is 1. The zero-order valence-electron chi connectivity index (χ0n) is 7.66. The highest BCUT2D eigenvalue weighted by atomic mass is 32.2. The van der Waals surface area contributed by atoms with Crippen LogP contribution in [-0.2, 0) is 10.1 Å². The highest BCUT2D eigenvalue weighted by Gasteiger charge is 2.36. The Kier molecular flexibility index (Phi) is 4.84. The Morgan fingerprint density at radius 3 is 1.62 bits per heavy atom.